The average molecular weight is 512 g/mol. The van der Waals surface area contributed by atoms with Crippen LogP contribution in [0, 0.1) is 0 Å². The molecular formula is C8F16O5S. The molecule has 1 saturated heterocycles. The molecule has 22 heteroatoms. The molecule has 0 radical (unpaired) electrons. The zero-order valence-corrected chi connectivity index (χ0v) is 13.3. The summed E-state index contributed by atoms with van der Waals surface area (Å²) < 4.78 is 230. The Labute approximate surface area is 151 Å². The van der Waals surface area contributed by atoms with Crippen molar-refractivity contribution in [1.82, 2.24) is 0 Å². The van der Waals surface area contributed by atoms with Crippen molar-refractivity contribution in [3.8, 4) is 0 Å². The number of ether oxygens (including phenoxy) is 2. The Balaban J connectivity index is 3.66. The third-order valence-electron chi connectivity index (χ3n) is 2.87. The first-order chi connectivity index (χ1) is 12.6. The van der Waals surface area contributed by atoms with Gasteiger partial charge in [-0.3, -0.25) is 9.47 Å². The Kier molecular flexibility index (Phi) is 5.68. The monoisotopic (exact) mass is 512 g/mol. The summed E-state index contributed by atoms with van der Waals surface area (Å²) in [6.45, 7) is 0. The van der Waals surface area contributed by atoms with Gasteiger partial charge in [-0.15, -0.1) is 0 Å². The van der Waals surface area contributed by atoms with E-state index in [0.717, 1.165) is 0 Å². The first kappa shape index (κ1) is 26.7. The Morgan fingerprint density at radius 1 is 0.600 bits per heavy atom. The van der Waals surface area contributed by atoms with Crippen LogP contribution in [0.3, 0.4) is 0 Å². The quantitative estimate of drug-likeness (QED) is 0.304. The second-order valence-corrected chi connectivity index (χ2v) is 6.60. The van der Waals surface area contributed by atoms with E-state index in [1.165, 1.54) is 0 Å². The van der Waals surface area contributed by atoms with Crippen LogP contribution in [-0.2, 0) is 23.8 Å². The van der Waals surface area contributed by atoms with Crippen LogP contribution in [0.5, 0.6) is 0 Å². The highest BCUT2D eigenvalue weighted by Gasteiger charge is 2.90. The lowest BCUT2D eigenvalue weighted by Crippen LogP contribution is -2.76. The number of halogens is 16. The molecule has 0 aromatic carbocycles. The second-order valence-electron chi connectivity index (χ2n) is 4.99. The van der Waals surface area contributed by atoms with Gasteiger partial charge >= 0.3 is 57.8 Å². The van der Waals surface area contributed by atoms with E-state index in [0.29, 0.717) is 0 Å². The molecule has 0 saturated carbocycles. The predicted molar refractivity (Wildman–Crippen MR) is 51.8 cm³/mol. The number of alkyl halides is 16. The summed E-state index contributed by atoms with van der Waals surface area (Å²) in [4.78, 5) is 0. The molecule has 30 heavy (non-hydrogen) atoms. The van der Waals surface area contributed by atoms with E-state index >= 15 is 0 Å². The van der Waals surface area contributed by atoms with Gasteiger partial charge in [0.25, 0.3) is 0 Å². The Morgan fingerprint density at radius 2 is 0.867 bits per heavy atom. The van der Waals surface area contributed by atoms with E-state index in [1.807, 2.05) is 9.47 Å². The molecule has 0 aromatic rings. The van der Waals surface area contributed by atoms with E-state index in [4.69, 9.17) is 0 Å². The number of rotatable bonds is 6. The van der Waals surface area contributed by atoms with Crippen molar-refractivity contribution in [3.63, 3.8) is 0 Å². The van der Waals surface area contributed by atoms with Crippen molar-refractivity contribution in [3.05, 3.63) is 0 Å². The standard InChI is InChI=1S/C8F16O5S/c9-1(10,3(13,14)15)5(19,20)27-8(7(23,24)29-30(8,25)26)28-6(21,22)2(11,12)4(16,17)18. The fourth-order valence-corrected chi connectivity index (χ4v) is 2.52. The Bertz CT molecular complexity index is 738. The summed E-state index contributed by atoms with van der Waals surface area (Å²) in [5.41, 5.74) is 0. The summed E-state index contributed by atoms with van der Waals surface area (Å²) in [5, 5.41) is -6.71. The van der Waals surface area contributed by atoms with Crippen molar-refractivity contribution >= 4 is 10.1 Å². The summed E-state index contributed by atoms with van der Waals surface area (Å²) in [6.07, 6.45) is -36.8. The second kappa shape index (κ2) is 6.37. The first-order valence-corrected chi connectivity index (χ1v) is 7.41. The minimum Gasteiger partial charge on any atom is -0.259 e. The van der Waals surface area contributed by atoms with E-state index in [2.05, 4.69) is 4.18 Å². The maximum atomic E-state index is 13.2. The lowest BCUT2D eigenvalue weighted by molar-refractivity contribution is -0.543. The summed E-state index contributed by atoms with van der Waals surface area (Å²) in [5.74, 6) is -15.4. The van der Waals surface area contributed by atoms with Crippen molar-refractivity contribution in [1.29, 1.82) is 0 Å². The minimum absolute atomic E-state index is 1.86. The van der Waals surface area contributed by atoms with Crippen LogP contribution >= 0.6 is 0 Å². The highest BCUT2D eigenvalue weighted by atomic mass is 32.2. The van der Waals surface area contributed by atoms with Gasteiger partial charge in [-0.05, 0) is 0 Å². The van der Waals surface area contributed by atoms with Gasteiger partial charge in [0.2, 0.25) is 0 Å². The van der Waals surface area contributed by atoms with Crippen molar-refractivity contribution in [2.45, 2.75) is 47.6 Å². The Morgan fingerprint density at radius 3 is 1.03 bits per heavy atom. The fraction of sp³-hybridized carbons (Fsp3) is 1.00. The molecule has 1 rings (SSSR count). The third-order valence-corrected chi connectivity index (χ3v) is 4.36. The molecule has 1 aliphatic rings. The molecule has 0 amide bonds. The van der Waals surface area contributed by atoms with E-state index < -0.39 is 57.8 Å². The largest absolute Gasteiger partial charge is 0.462 e. The molecule has 1 heterocycles. The van der Waals surface area contributed by atoms with Crippen LogP contribution in [0.4, 0.5) is 70.2 Å². The normalized spacial score (nSPS) is 22.5. The third kappa shape index (κ3) is 3.53. The van der Waals surface area contributed by atoms with E-state index in [9.17, 15) is 78.7 Å². The van der Waals surface area contributed by atoms with Crippen molar-refractivity contribution in [2.24, 2.45) is 0 Å². The molecule has 0 N–H and O–H groups in total. The first-order valence-electron chi connectivity index (χ1n) is 6.00. The average Bonchev–Trinajstić information content (AvgIpc) is 2.41. The molecule has 1 aliphatic heterocycles. The van der Waals surface area contributed by atoms with Gasteiger partial charge in [-0.25, -0.2) is 0 Å². The zero-order chi connectivity index (χ0) is 24.6. The number of hydrogen-bond acceptors (Lipinski definition) is 5. The molecule has 180 valence electrons. The van der Waals surface area contributed by atoms with Gasteiger partial charge in [-0.1, -0.05) is 0 Å². The summed E-state index contributed by atoms with van der Waals surface area (Å²) >= 11 is 0. The van der Waals surface area contributed by atoms with Gasteiger partial charge < -0.3 is 0 Å². The van der Waals surface area contributed by atoms with Gasteiger partial charge in [0.15, 0.2) is 0 Å². The maximum absolute atomic E-state index is 13.2. The molecule has 0 atom stereocenters. The lowest BCUT2D eigenvalue weighted by Gasteiger charge is -2.47. The molecule has 5 nitrogen and oxygen atoms in total. The fourth-order valence-electron chi connectivity index (χ4n) is 1.39. The van der Waals surface area contributed by atoms with Gasteiger partial charge in [0.05, 0.1) is 0 Å². The molecule has 0 bridgehead atoms. The predicted octanol–water partition coefficient (Wildman–Crippen LogP) is 4.21. The van der Waals surface area contributed by atoms with E-state index in [-0.39, 0.29) is 0 Å². The summed E-state index contributed by atoms with van der Waals surface area (Å²) in [7, 11) is -7.23. The SMILES string of the molecule is O=S1(=O)OC(F)(F)C1(OC(F)(F)C(F)(F)C(F)(F)F)OC(F)(F)C(F)(F)C(F)(F)F. The maximum Gasteiger partial charge on any atom is 0.462 e. The van der Waals surface area contributed by atoms with Gasteiger partial charge in [0.1, 0.15) is 0 Å². The van der Waals surface area contributed by atoms with Gasteiger partial charge in [0, 0.05) is 0 Å². The molecule has 0 aromatic heterocycles. The smallest absolute Gasteiger partial charge is 0.259 e. The van der Waals surface area contributed by atoms with Crippen molar-refractivity contribution in [2.75, 3.05) is 0 Å². The molecular weight excluding hydrogens is 512 g/mol. The topological polar surface area (TPSA) is 61.8 Å². The highest BCUT2D eigenvalue weighted by Crippen LogP contribution is 2.60. The van der Waals surface area contributed by atoms with E-state index in [1.54, 1.807) is 0 Å². The van der Waals surface area contributed by atoms with Crippen LogP contribution in [-0.4, -0.2) is 56.1 Å². The van der Waals surface area contributed by atoms with Crippen LogP contribution in [0.25, 0.3) is 0 Å². The highest BCUT2D eigenvalue weighted by molar-refractivity contribution is 7.89. The Hall–Kier alpha value is -1.29. The van der Waals surface area contributed by atoms with Crippen LogP contribution < -0.4 is 0 Å². The zero-order valence-electron chi connectivity index (χ0n) is 12.5. The minimum atomic E-state index is -7.70. The van der Waals surface area contributed by atoms with Gasteiger partial charge in [-0.2, -0.15) is 82.8 Å². The molecule has 0 unspecified atom stereocenters. The van der Waals surface area contributed by atoms with Crippen LogP contribution in [0.15, 0.2) is 0 Å². The van der Waals surface area contributed by atoms with Crippen LogP contribution in [0.1, 0.15) is 0 Å². The number of hydrogen-bond donors (Lipinski definition) is 0. The van der Waals surface area contributed by atoms with Crippen LogP contribution in [0.2, 0.25) is 0 Å². The lowest BCUT2D eigenvalue weighted by atomic mass is 10.3. The summed E-state index contributed by atoms with van der Waals surface area (Å²) in [6, 6.07) is 0. The molecule has 0 aliphatic carbocycles. The molecule has 0 spiro atoms. The van der Waals surface area contributed by atoms with Crippen molar-refractivity contribution < 1.29 is 92.3 Å². The molecule has 1 fully saturated rings.